The van der Waals surface area contributed by atoms with E-state index in [2.05, 4.69) is 10.6 Å². The SMILES string of the molecule is CCC(C)C(N)C(=O)NC(Cc1ccc(O)cc1)C(=O)NC(CC(N)=O)C(=O)N1CCCC1C(=O)O. The van der Waals surface area contributed by atoms with Crippen LogP contribution in [0.2, 0.25) is 0 Å². The van der Waals surface area contributed by atoms with Crippen LogP contribution in [0.25, 0.3) is 0 Å². The standard InChI is InChI=1S/C24H35N5O7/c1-3-13(2)20(26)22(33)27-16(11-14-6-8-15(30)9-7-14)21(32)28-17(12-19(25)31)23(34)29-10-4-5-18(29)24(35)36/h6-9,13,16-18,20,30H,3-5,10-12,26H2,1-2H3,(H2,25,31)(H,27,33)(H,28,32)(H,35,36). The summed E-state index contributed by atoms with van der Waals surface area (Å²) in [5, 5.41) is 24.0. The number of carboxylic acid groups (broad SMARTS) is 1. The molecule has 0 bridgehead atoms. The van der Waals surface area contributed by atoms with Gasteiger partial charge in [0.25, 0.3) is 0 Å². The van der Waals surface area contributed by atoms with E-state index in [1.165, 1.54) is 12.1 Å². The quantitative estimate of drug-likeness (QED) is 0.212. The van der Waals surface area contributed by atoms with Gasteiger partial charge in [-0.25, -0.2) is 4.79 Å². The molecule has 1 aliphatic rings. The largest absolute Gasteiger partial charge is 0.508 e. The zero-order valence-electron chi connectivity index (χ0n) is 20.5. The van der Waals surface area contributed by atoms with Crippen LogP contribution in [-0.2, 0) is 30.4 Å². The van der Waals surface area contributed by atoms with E-state index in [0.717, 1.165) is 4.90 Å². The van der Waals surface area contributed by atoms with Gasteiger partial charge in [0.1, 0.15) is 23.9 Å². The van der Waals surface area contributed by atoms with Crippen molar-refractivity contribution in [3.05, 3.63) is 29.8 Å². The lowest BCUT2D eigenvalue weighted by molar-refractivity contribution is -0.149. The number of carbonyl (C=O) groups excluding carboxylic acids is 4. The maximum Gasteiger partial charge on any atom is 0.326 e. The maximum absolute atomic E-state index is 13.3. The smallest absolute Gasteiger partial charge is 0.326 e. The first-order chi connectivity index (χ1) is 16.9. The molecule has 0 aliphatic carbocycles. The molecule has 36 heavy (non-hydrogen) atoms. The minimum Gasteiger partial charge on any atom is -0.508 e. The Balaban J connectivity index is 2.27. The molecular formula is C24H35N5O7. The lowest BCUT2D eigenvalue weighted by Crippen LogP contribution is -2.58. The van der Waals surface area contributed by atoms with Crippen LogP contribution in [0.15, 0.2) is 24.3 Å². The topological polar surface area (TPSA) is 205 Å². The number of aromatic hydroxyl groups is 1. The summed E-state index contributed by atoms with van der Waals surface area (Å²) in [5.74, 6) is -4.25. The summed E-state index contributed by atoms with van der Waals surface area (Å²) >= 11 is 0. The lowest BCUT2D eigenvalue weighted by atomic mass is 9.98. The van der Waals surface area contributed by atoms with Gasteiger partial charge in [-0.1, -0.05) is 32.4 Å². The summed E-state index contributed by atoms with van der Waals surface area (Å²) in [7, 11) is 0. The number of phenols is 1. The Bertz CT molecular complexity index is 968. The number of carbonyl (C=O) groups is 5. The minimum atomic E-state index is -1.41. The highest BCUT2D eigenvalue weighted by molar-refractivity contribution is 5.96. The van der Waals surface area contributed by atoms with Crippen molar-refractivity contribution in [2.24, 2.45) is 17.4 Å². The van der Waals surface area contributed by atoms with E-state index >= 15 is 0 Å². The van der Waals surface area contributed by atoms with E-state index in [-0.39, 0.29) is 31.1 Å². The fourth-order valence-corrected chi connectivity index (χ4v) is 4.02. The van der Waals surface area contributed by atoms with Crippen LogP contribution in [0.5, 0.6) is 5.75 Å². The molecule has 1 heterocycles. The number of aliphatic carboxylic acids is 1. The third-order valence-electron chi connectivity index (χ3n) is 6.41. The average Bonchev–Trinajstić information content (AvgIpc) is 3.33. The third kappa shape index (κ3) is 7.67. The van der Waals surface area contributed by atoms with E-state index < -0.39 is 60.2 Å². The normalized spacial score (nSPS) is 18.5. The van der Waals surface area contributed by atoms with Crippen LogP contribution < -0.4 is 22.1 Å². The van der Waals surface area contributed by atoms with Gasteiger partial charge in [-0.15, -0.1) is 0 Å². The Morgan fingerprint density at radius 2 is 1.69 bits per heavy atom. The number of phenolic OH excluding ortho intramolecular Hbond substituents is 1. The summed E-state index contributed by atoms with van der Waals surface area (Å²) in [5.41, 5.74) is 11.9. The molecule has 5 unspecified atom stereocenters. The maximum atomic E-state index is 13.3. The first-order valence-corrected chi connectivity index (χ1v) is 11.9. The number of amides is 4. The third-order valence-corrected chi connectivity index (χ3v) is 6.41. The number of rotatable bonds is 12. The molecule has 1 aromatic carbocycles. The lowest BCUT2D eigenvalue weighted by Gasteiger charge is -2.29. The number of carboxylic acids is 1. The van der Waals surface area contributed by atoms with Crippen molar-refractivity contribution in [1.29, 1.82) is 0 Å². The molecule has 2 rings (SSSR count). The molecule has 12 nitrogen and oxygen atoms in total. The van der Waals surface area contributed by atoms with Crippen LogP contribution in [0.4, 0.5) is 0 Å². The van der Waals surface area contributed by atoms with Crippen molar-refractivity contribution in [2.75, 3.05) is 6.54 Å². The number of hydrogen-bond acceptors (Lipinski definition) is 7. The molecule has 0 aromatic heterocycles. The molecule has 12 heteroatoms. The Morgan fingerprint density at radius 1 is 1.08 bits per heavy atom. The highest BCUT2D eigenvalue weighted by atomic mass is 16.4. The van der Waals surface area contributed by atoms with Crippen molar-refractivity contribution in [2.45, 2.75) is 70.1 Å². The van der Waals surface area contributed by atoms with E-state index in [4.69, 9.17) is 11.5 Å². The zero-order chi connectivity index (χ0) is 27.0. The molecule has 198 valence electrons. The van der Waals surface area contributed by atoms with Crippen molar-refractivity contribution < 1.29 is 34.2 Å². The van der Waals surface area contributed by atoms with Gasteiger partial charge in [0, 0.05) is 13.0 Å². The predicted molar refractivity (Wildman–Crippen MR) is 129 cm³/mol. The highest BCUT2D eigenvalue weighted by Crippen LogP contribution is 2.19. The van der Waals surface area contributed by atoms with Crippen LogP contribution in [0, 0.1) is 5.92 Å². The fourth-order valence-electron chi connectivity index (χ4n) is 4.02. The minimum absolute atomic E-state index is 0.00399. The molecule has 0 spiro atoms. The van der Waals surface area contributed by atoms with E-state index in [0.29, 0.717) is 18.4 Å². The van der Waals surface area contributed by atoms with Gasteiger partial charge in [-0.05, 0) is 36.5 Å². The highest BCUT2D eigenvalue weighted by Gasteiger charge is 2.39. The van der Waals surface area contributed by atoms with Crippen molar-refractivity contribution in [1.82, 2.24) is 15.5 Å². The molecule has 1 saturated heterocycles. The van der Waals surface area contributed by atoms with Crippen molar-refractivity contribution >= 4 is 29.6 Å². The first-order valence-electron chi connectivity index (χ1n) is 11.9. The molecule has 1 aromatic rings. The van der Waals surface area contributed by atoms with Crippen LogP contribution in [0.1, 0.15) is 45.1 Å². The van der Waals surface area contributed by atoms with Gasteiger partial charge in [-0.2, -0.15) is 0 Å². The molecule has 0 radical (unpaired) electrons. The number of nitrogens with zero attached hydrogens (tertiary/aromatic N) is 1. The number of likely N-dealkylation sites (tertiary alicyclic amines) is 1. The summed E-state index contributed by atoms with van der Waals surface area (Å²) in [6.07, 6.45) is 0.821. The molecule has 8 N–H and O–H groups in total. The van der Waals surface area contributed by atoms with Crippen molar-refractivity contribution in [3.8, 4) is 5.75 Å². The number of nitrogens with two attached hydrogens (primary N) is 2. The van der Waals surface area contributed by atoms with Gasteiger partial charge < -0.3 is 37.2 Å². The van der Waals surface area contributed by atoms with Gasteiger partial charge >= 0.3 is 5.97 Å². The number of hydrogen-bond donors (Lipinski definition) is 6. The summed E-state index contributed by atoms with van der Waals surface area (Å²) < 4.78 is 0. The van der Waals surface area contributed by atoms with Gasteiger partial charge in [0.2, 0.25) is 23.6 Å². The molecule has 0 saturated carbocycles. The predicted octanol–water partition coefficient (Wildman–Crippen LogP) is -0.771. The van der Waals surface area contributed by atoms with E-state index in [1.54, 1.807) is 19.1 Å². The number of nitrogens with one attached hydrogen (secondary N) is 2. The Labute approximate surface area is 209 Å². The Hall–Kier alpha value is -3.67. The van der Waals surface area contributed by atoms with Crippen LogP contribution >= 0.6 is 0 Å². The molecule has 1 aliphatic heterocycles. The fraction of sp³-hybridized carbons (Fsp3) is 0.542. The summed E-state index contributed by atoms with van der Waals surface area (Å²) in [6.45, 7) is 3.84. The molecule has 5 atom stereocenters. The first kappa shape index (κ1) is 28.6. The van der Waals surface area contributed by atoms with E-state index in [1.807, 2.05) is 6.92 Å². The zero-order valence-corrected chi connectivity index (χ0v) is 20.5. The summed E-state index contributed by atoms with van der Waals surface area (Å²) in [4.78, 5) is 63.5. The van der Waals surface area contributed by atoms with Crippen molar-refractivity contribution in [3.63, 3.8) is 0 Å². The monoisotopic (exact) mass is 505 g/mol. The molecule has 4 amide bonds. The van der Waals surface area contributed by atoms with Gasteiger partial charge in [0.15, 0.2) is 0 Å². The second-order valence-corrected chi connectivity index (χ2v) is 9.10. The molecule has 1 fully saturated rings. The summed E-state index contributed by atoms with van der Waals surface area (Å²) in [6, 6.07) is 1.48. The second kappa shape index (κ2) is 12.9. The van der Waals surface area contributed by atoms with Gasteiger partial charge in [-0.3, -0.25) is 19.2 Å². The Morgan fingerprint density at radius 3 is 2.25 bits per heavy atom. The van der Waals surface area contributed by atoms with Crippen LogP contribution in [-0.4, -0.2) is 75.4 Å². The molecular weight excluding hydrogens is 470 g/mol. The van der Waals surface area contributed by atoms with Crippen LogP contribution in [0.3, 0.4) is 0 Å². The second-order valence-electron chi connectivity index (χ2n) is 9.10. The number of primary amides is 1. The number of benzene rings is 1. The van der Waals surface area contributed by atoms with E-state index in [9.17, 15) is 34.2 Å². The van der Waals surface area contributed by atoms with Gasteiger partial charge in [0.05, 0.1) is 12.5 Å². The Kier molecular flexibility index (Phi) is 10.2. The average molecular weight is 506 g/mol.